The summed E-state index contributed by atoms with van der Waals surface area (Å²) in [5, 5.41) is 62.4. The molecule has 1 saturated carbocycles. The molecule has 43 heavy (non-hydrogen) atoms. The van der Waals surface area contributed by atoms with Crippen molar-refractivity contribution in [2.24, 2.45) is 28.9 Å². The molecule has 16 N–H and O–H groups in total. The van der Waals surface area contributed by atoms with Crippen molar-refractivity contribution in [1.82, 2.24) is 21.0 Å². The van der Waals surface area contributed by atoms with E-state index in [1.165, 1.54) is 6.92 Å². The second-order valence-electron chi connectivity index (χ2n) is 11.8. The number of aliphatic hydroxyl groups is 4. The molecule has 0 aromatic rings. The molecule has 1 aliphatic carbocycles. The summed E-state index contributed by atoms with van der Waals surface area (Å²) in [5.41, 5.74) is 22.6. The summed E-state index contributed by atoms with van der Waals surface area (Å²) in [4.78, 5) is 12.7. The first-order valence-electron chi connectivity index (χ1n) is 14.8. The number of amides is 2. The molecular formula is C26H52N8O9. The molecule has 0 aromatic heterocycles. The summed E-state index contributed by atoms with van der Waals surface area (Å²) < 4.78 is 18.0. The van der Waals surface area contributed by atoms with E-state index in [0.29, 0.717) is 43.3 Å². The molecule has 3 aliphatic rings. The highest BCUT2D eigenvalue weighted by atomic mass is 16.7. The van der Waals surface area contributed by atoms with Crippen LogP contribution in [0, 0.1) is 5.92 Å². The number of nitrogens with one attached hydrogen (secondary N) is 3. The summed E-state index contributed by atoms with van der Waals surface area (Å²) in [5.74, 6) is -0.195. The maximum absolute atomic E-state index is 12.7. The van der Waals surface area contributed by atoms with Crippen molar-refractivity contribution >= 4 is 6.03 Å². The molecule has 0 aromatic carbocycles. The lowest BCUT2D eigenvalue weighted by atomic mass is 9.72. The van der Waals surface area contributed by atoms with Gasteiger partial charge >= 0.3 is 6.03 Å². The number of carbonyl (C=O) groups is 1. The van der Waals surface area contributed by atoms with Crippen LogP contribution < -0.4 is 38.9 Å². The molecular weight excluding hydrogens is 568 g/mol. The van der Waals surface area contributed by atoms with Gasteiger partial charge in [0.05, 0.1) is 44.0 Å². The number of hydrogen-bond acceptors (Lipinski definition) is 15. The van der Waals surface area contributed by atoms with Crippen molar-refractivity contribution in [3.05, 3.63) is 11.8 Å². The van der Waals surface area contributed by atoms with Crippen LogP contribution in [0.4, 0.5) is 4.79 Å². The molecule has 12 unspecified atom stereocenters. The van der Waals surface area contributed by atoms with Crippen LogP contribution >= 0.6 is 0 Å². The normalized spacial score (nSPS) is 39.0. The average Bonchev–Trinajstić information content (AvgIpc) is 2.93. The molecule has 0 radical (unpaired) electrons. The summed E-state index contributed by atoms with van der Waals surface area (Å²) >= 11 is 0. The molecule has 12 atom stereocenters. The van der Waals surface area contributed by atoms with Crippen LogP contribution in [0.25, 0.3) is 0 Å². The van der Waals surface area contributed by atoms with Crippen LogP contribution in [0.2, 0.25) is 0 Å². The average molecular weight is 621 g/mol. The summed E-state index contributed by atoms with van der Waals surface area (Å²) in [6.07, 6.45) is -3.70. The van der Waals surface area contributed by atoms with Crippen LogP contribution in [-0.2, 0) is 14.2 Å². The van der Waals surface area contributed by atoms with Crippen molar-refractivity contribution in [2.45, 2.75) is 92.8 Å². The van der Waals surface area contributed by atoms with Crippen LogP contribution in [0.1, 0.15) is 26.2 Å². The van der Waals surface area contributed by atoms with Gasteiger partial charge in [-0.25, -0.2) is 9.86 Å². The topological polar surface area (TPSA) is 289 Å². The van der Waals surface area contributed by atoms with Crippen molar-refractivity contribution < 1.29 is 44.6 Å². The standard InChI is InChI=1S/C26H52N8O9/c1-26(39)12-41-24(20(37)23(26)31-2)43-22-17(33-25(38)34(40)8-7-28)9-16(30)18(19(22)36)21-15(29)4-3-14(42-21)11-32-10-13(35)5-6-27/h3,13,15-24,31-32,35-37,39-40H,4-12,27-30H2,1-2H3,(H,33,38). The van der Waals surface area contributed by atoms with Gasteiger partial charge in [0, 0.05) is 31.1 Å². The van der Waals surface area contributed by atoms with Gasteiger partial charge in [0.2, 0.25) is 0 Å². The van der Waals surface area contributed by atoms with E-state index in [1.807, 2.05) is 6.08 Å². The molecule has 17 nitrogen and oxygen atoms in total. The minimum Gasteiger partial charge on any atom is -0.492 e. The number of ether oxygens (including phenoxy) is 3. The molecule has 2 fully saturated rings. The number of nitrogens with two attached hydrogens (primary N) is 4. The number of rotatable bonds is 13. The maximum Gasteiger partial charge on any atom is 0.341 e. The molecule has 2 amide bonds. The van der Waals surface area contributed by atoms with E-state index >= 15 is 0 Å². The molecule has 3 rings (SSSR count). The highest BCUT2D eigenvalue weighted by Gasteiger charge is 2.53. The van der Waals surface area contributed by atoms with Gasteiger partial charge < -0.3 is 73.5 Å². The van der Waals surface area contributed by atoms with E-state index in [0.717, 1.165) is 0 Å². The van der Waals surface area contributed by atoms with E-state index in [9.17, 15) is 30.4 Å². The first kappa shape index (κ1) is 35.8. The Bertz CT molecular complexity index is 918. The second-order valence-corrected chi connectivity index (χ2v) is 11.8. The van der Waals surface area contributed by atoms with Crippen LogP contribution in [-0.4, -0.2) is 150 Å². The van der Waals surface area contributed by atoms with Crippen LogP contribution in [0.3, 0.4) is 0 Å². The quantitative estimate of drug-likeness (QED) is 0.0679. The van der Waals surface area contributed by atoms with E-state index < -0.39 is 78.5 Å². The molecule has 2 aliphatic heterocycles. The first-order chi connectivity index (χ1) is 20.3. The fourth-order valence-corrected chi connectivity index (χ4v) is 6.07. The number of nitrogens with zero attached hydrogens (tertiary/aromatic N) is 1. The lowest BCUT2D eigenvalue weighted by Gasteiger charge is -2.50. The molecule has 2 heterocycles. The maximum atomic E-state index is 12.7. The van der Waals surface area contributed by atoms with Gasteiger partial charge in [-0.3, -0.25) is 5.21 Å². The smallest absolute Gasteiger partial charge is 0.341 e. The summed E-state index contributed by atoms with van der Waals surface area (Å²) in [6, 6.07) is -3.87. The molecule has 17 heteroatoms. The lowest BCUT2D eigenvalue weighted by Crippen LogP contribution is -2.69. The number of urea groups is 1. The van der Waals surface area contributed by atoms with Crippen LogP contribution in [0.5, 0.6) is 0 Å². The van der Waals surface area contributed by atoms with Gasteiger partial charge in [0.25, 0.3) is 0 Å². The Morgan fingerprint density at radius 3 is 2.60 bits per heavy atom. The lowest BCUT2D eigenvalue weighted by molar-refractivity contribution is -0.297. The minimum absolute atomic E-state index is 0.0137. The molecule has 1 saturated heterocycles. The Labute approximate surface area is 251 Å². The Kier molecular flexibility index (Phi) is 13.3. The fourth-order valence-electron chi connectivity index (χ4n) is 6.07. The minimum atomic E-state index is -1.41. The number of hydroxylamine groups is 2. The fraction of sp³-hybridized carbons (Fsp3) is 0.885. The van der Waals surface area contributed by atoms with Gasteiger partial charge in [-0.05, 0) is 45.9 Å². The largest absolute Gasteiger partial charge is 0.492 e. The third kappa shape index (κ3) is 8.94. The van der Waals surface area contributed by atoms with Crippen molar-refractivity contribution in [3.8, 4) is 0 Å². The highest BCUT2D eigenvalue weighted by Crippen LogP contribution is 2.36. The molecule has 250 valence electrons. The number of hydrogen-bond donors (Lipinski definition) is 12. The zero-order valence-electron chi connectivity index (χ0n) is 24.9. The number of aliphatic hydroxyl groups excluding tert-OH is 3. The number of carbonyl (C=O) groups excluding carboxylic acids is 1. The van der Waals surface area contributed by atoms with E-state index in [1.54, 1.807) is 7.05 Å². The van der Waals surface area contributed by atoms with Gasteiger partial charge in [-0.1, -0.05) is 0 Å². The van der Waals surface area contributed by atoms with E-state index in [4.69, 9.17) is 37.1 Å². The monoisotopic (exact) mass is 620 g/mol. The molecule has 0 spiro atoms. The third-order valence-electron chi connectivity index (χ3n) is 8.35. The van der Waals surface area contributed by atoms with Crippen molar-refractivity contribution in [3.63, 3.8) is 0 Å². The Morgan fingerprint density at radius 1 is 1.23 bits per heavy atom. The van der Waals surface area contributed by atoms with Crippen LogP contribution in [0.15, 0.2) is 11.8 Å². The second kappa shape index (κ2) is 16.0. The van der Waals surface area contributed by atoms with Crippen molar-refractivity contribution in [1.29, 1.82) is 0 Å². The summed E-state index contributed by atoms with van der Waals surface area (Å²) in [7, 11) is 1.58. The van der Waals surface area contributed by atoms with Gasteiger partial charge in [0.15, 0.2) is 6.29 Å². The number of likely N-dealkylation sites (N-methyl/N-ethyl adjacent to an activating group) is 1. The highest BCUT2D eigenvalue weighted by molar-refractivity contribution is 5.73. The third-order valence-corrected chi connectivity index (χ3v) is 8.35. The zero-order valence-corrected chi connectivity index (χ0v) is 24.9. The first-order valence-corrected chi connectivity index (χ1v) is 14.8. The van der Waals surface area contributed by atoms with E-state index in [2.05, 4.69) is 16.0 Å². The SMILES string of the molecule is CNC1C(O)C(OC2C(NC(=O)N(O)CCN)CC(N)C(C3OC(CNCC(O)CCN)=CCC3N)C2O)OCC1(C)O. The molecule has 0 bridgehead atoms. The summed E-state index contributed by atoms with van der Waals surface area (Å²) in [6.45, 7) is 2.19. The van der Waals surface area contributed by atoms with Gasteiger partial charge in [0.1, 0.15) is 29.7 Å². The Morgan fingerprint density at radius 2 is 1.95 bits per heavy atom. The predicted molar refractivity (Wildman–Crippen MR) is 154 cm³/mol. The zero-order chi connectivity index (χ0) is 31.9. The van der Waals surface area contributed by atoms with Gasteiger partial charge in [-0.2, -0.15) is 0 Å². The predicted octanol–water partition coefficient (Wildman–Crippen LogP) is -4.84. The Hall–Kier alpha value is -1.71. The van der Waals surface area contributed by atoms with E-state index in [-0.39, 0.29) is 26.1 Å². The van der Waals surface area contributed by atoms with Crippen molar-refractivity contribution in [2.75, 3.05) is 46.4 Å². The Balaban J connectivity index is 1.81. The van der Waals surface area contributed by atoms with Gasteiger partial charge in [-0.15, -0.1) is 0 Å².